The number of amides is 1. The Morgan fingerprint density at radius 2 is 1.96 bits per heavy atom. The van der Waals surface area contributed by atoms with Crippen LogP contribution in [0.1, 0.15) is 24.1 Å². The van der Waals surface area contributed by atoms with E-state index in [9.17, 15) is 4.79 Å². The molecular weight excluding hydrogens is 356 g/mol. The highest BCUT2D eigenvalue weighted by Gasteiger charge is 2.48. The molecule has 144 valence electrons. The largest absolute Gasteiger partial charge is 0.383 e. The third-order valence-corrected chi connectivity index (χ3v) is 7.04. The fourth-order valence-electron chi connectivity index (χ4n) is 4.48. The molecule has 4 rings (SSSR count). The van der Waals surface area contributed by atoms with Crippen molar-refractivity contribution < 1.29 is 9.53 Å². The molecule has 2 saturated heterocycles. The van der Waals surface area contributed by atoms with E-state index in [1.54, 1.807) is 7.11 Å². The smallest absolute Gasteiger partial charge is 0.230 e. The van der Waals surface area contributed by atoms with E-state index in [0.717, 1.165) is 52.0 Å². The van der Waals surface area contributed by atoms with Crippen molar-refractivity contribution in [2.24, 2.45) is 5.41 Å². The molecule has 27 heavy (non-hydrogen) atoms. The van der Waals surface area contributed by atoms with Crippen molar-refractivity contribution in [3.63, 3.8) is 0 Å². The third-order valence-electron chi connectivity index (χ3n) is 5.92. The van der Waals surface area contributed by atoms with Gasteiger partial charge in [0.1, 0.15) is 0 Å². The van der Waals surface area contributed by atoms with Crippen LogP contribution in [0, 0.1) is 5.41 Å². The molecule has 2 fully saturated rings. The van der Waals surface area contributed by atoms with Crippen LogP contribution in [-0.2, 0) is 16.1 Å². The number of methoxy groups -OCH3 is 1. The van der Waals surface area contributed by atoms with Crippen molar-refractivity contribution >= 4 is 17.2 Å². The Kier molecular flexibility index (Phi) is 5.62. The van der Waals surface area contributed by atoms with Gasteiger partial charge in [-0.25, -0.2) is 0 Å². The highest BCUT2D eigenvalue weighted by Crippen LogP contribution is 2.41. The van der Waals surface area contributed by atoms with E-state index in [1.807, 2.05) is 16.2 Å². The maximum Gasteiger partial charge on any atom is 0.230 e. The minimum atomic E-state index is -0.161. The molecule has 2 aliphatic heterocycles. The van der Waals surface area contributed by atoms with Gasteiger partial charge in [-0.1, -0.05) is 30.3 Å². The van der Waals surface area contributed by atoms with Crippen LogP contribution in [0.2, 0.25) is 0 Å². The SMILES string of the molecule is COCCN1CCC[C@]2(CCN(Cc3ccc(-c4ccccc4)s3)C2)C1=O. The standard InChI is InChI=1S/C22H28N2O2S/c1-26-15-14-24-12-5-10-22(21(24)25)11-13-23(17-22)16-19-8-9-20(27-19)18-6-3-2-4-7-18/h2-4,6-9H,5,10-17H2,1H3/t22-/m1/s1. The second-order valence-electron chi connectivity index (χ2n) is 7.76. The number of hydrogen-bond acceptors (Lipinski definition) is 4. The van der Waals surface area contributed by atoms with Gasteiger partial charge in [0.15, 0.2) is 0 Å². The zero-order valence-electron chi connectivity index (χ0n) is 16.0. The van der Waals surface area contributed by atoms with Gasteiger partial charge >= 0.3 is 0 Å². The molecule has 1 aromatic carbocycles. The summed E-state index contributed by atoms with van der Waals surface area (Å²) in [6, 6.07) is 15.0. The van der Waals surface area contributed by atoms with Crippen LogP contribution >= 0.6 is 11.3 Å². The van der Waals surface area contributed by atoms with Crippen LogP contribution in [0.3, 0.4) is 0 Å². The number of nitrogens with zero attached hydrogens (tertiary/aromatic N) is 2. The molecule has 1 atom stereocenters. The summed E-state index contributed by atoms with van der Waals surface area (Å²) in [5, 5.41) is 0. The topological polar surface area (TPSA) is 32.8 Å². The Balaban J connectivity index is 1.40. The molecule has 1 spiro atoms. The van der Waals surface area contributed by atoms with Crippen LogP contribution in [0.4, 0.5) is 0 Å². The lowest BCUT2D eigenvalue weighted by molar-refractivity contribution is -0.146. The summed E-state index contributed by atoms with van der Waals surface area (Å²) in [4.78, 5) is 20.3. The van der Waals surface area contributed by atoms with E-state index < -0.39 is 0 Å². The zero-order chi connectivity index (χ0) is 18.7. The molecule has 0 radical (unpaired) electrons. The van der Waals surface area contributed by atoms with E-state index in [-0.39, 0.29) is 5.41 Å². The molecule has 3 heterocycles. The number of hydrogen-bond donors (Lipinski definition) is 0. The molecule has 0 saturated carbocycles. The first-order chi connectivity index (χ1) is 13.2. The van der Waals surface area contributed by atoms with Crippen LogP contribution in [0.15, 0.2) is 42.5 Å². The molecule has 0 unspecified atom stereocenters. The van der Waals surface area contributed by atoms with Gasteiger partial charge in [-0.3, -0.25) is 9.69 Å². The van der Waals surface area contributed by atoms with Gasteiger partial charge in [-0.15, -0.1) is 11.3 Å². The molecule has 0 aliphatic carbocycles. The number of ether oxygens (including phenoxy) is 1. The summed E-state index contributed by atoms with van der Waals surface area (Å²) >= 11 is 1.87. The molecule has 0 bridgehead atoms. The second kappa shape index (κ2) is 8.13. The lowest BCUT2D eigenvalue weighted by atomic mass is 9.78. The van der Waals surface area contributed by atoms with E-state index in [1.165, 1.54) is 15.3 Å². The number of thiophene rings is 1. The van der Waals surface area contributed by atoms with Crippen molar-refractivity contribution in [2.75, 3.05) is 39.9 Å². The summed E-state index contributed by atoms with van der Waals surface area (Å²) in [7, 11) is 1.70. The van der Waals surface area contributed by atoms with Crippen molar-refractivity contribution in [1.82, 2.24) is 9.80 Å². The van der Waals surface area contributed by atoms with Crippen molar-refractivity contribution in [1.29, 1.82) is 0 Å². The molecule has 4 nitrogen and oxygen atoms in total. The number of carbonyl (C=O) groups is 1. The minimum absolute atomic E-state index is 0.161. The highest BCUT2D eigenvalue weighted by atomic mass is 32.1. The van der Waals surface area contributed by atoms with Crippen LogP contribution in [-0.4, -0.2) is 55.6 Å². The molecule has 5 heteroatoms. The molecule has 1 amide bonds. The Labute approximate surface area is 165 Å². The second-order valence-corrected chi connectivity index (χ2v) is 8.93. The van der Waals surface area contributed by atoms with Crippen molar-refractivity contribution in [3.05, 3.63) is 47.3 Å². The Morgan fingerprint density at radius 3 is 2.78 bits per heavy atom. The summed E-state index contributed by atoms with van der Waals surface area (Å²) in [6.07, 6.45) is 3.14. The van der Waals surface area contributed by atoms with Crippen LogP contribution in [0.25, 0.3) is 10.4 Å². The predicted molar refractivity (Wildman–Crippen MR) is 110 cm³/mol. The Hall–Kier alpha value is -1.69. The monoisotopic (exact) mass is 384 g/mol. The number of likely N-dealkylation sites (tertiary alicyclic amines) is 2. The summed E-state index contributed by atoms with van der Waals surface area (Å²) in [5.74, 6) is 0.351. The Bertz CT molecular complexity index is 776. The van der Waals surface area contributed by atoms with Crippen LogP contribution in [0.5, 0.6) is 0 Å². The average molecular weight is 385 g/mol. The number of rotatable bonds is 6. The highest BCUT2D eigenvalue weighted by molar-refractivity contribution is 7.15. The van der Waals surface area contributed by atoms with Crippen molar-refractivity contribution in [2.45, 2.75) is 25.8 Å². The van der Waals surface area contributed by atoms with E-state index in [2.05, 4.69) is 47.4 Å². The number of carbonyl (C=O) groups excluding carboxylic acids is 1. The molecule has 2 aromatic rings. The van der Waals surface area contributed by atoms with Gasteiger partial charge in [-0.2, -0.15) is 0 Å². The zero-order valence-corrected chi connectivity index (χ0v) is 16.8. The molecule has 1 aromatic heterocycles. The number of piperidine rings is 1. The van der Waals surface area contributed by atoms with E-state index in [0.29, 0.717) is 12.5 Å². The summed E-state index contributed by atoms with van der Waals surface area (Å²) in [5.41, 5.74) is 1.12. The third kappa shape index (κ3) is 3.96. The molecular formula is C22H28N2O2S. The van der Waals surface area contributed by atoms with Gasteiger partial charge in [0.25, 0.3) is 0 Å². The normalized spacial score (nSPS) is 23.4. The fraction of sp³-hybridized carbons (Fsp3) is 0.500. The number of benzene rings is 1. The van der Waals surface area contributed by atoms with Crippen LogP contribution < -0.4 is 0 Å². The lowest BCUT2D eigenvalue weighted by Gasteiger charge is -2.39. The predicted octanol–water partition coefficient (Wildman–Crippen LogP) is 3.88. The van der Waals surface area contributed by atoms with E-state index in [4.69, 9.17) is 4.74 Å². The average Bonchev–Trinajstić information content (AvgIpc) is 3.32. The maximum absolute atomic E-state index is 13.1. The summed E-state index contributed by atoms with van der Waals surface area (Å²) in [6.45, 7) is 5.10. The minimum Gasteiger partial charge on any atom is -0.383 e. The van der Waals surface area contributed by atoms with Gasteiger partial charge in [0.05, 0.1) is 12.0 Å². The fourth-order valence-corrected chi connectivity index (χ4v) is 5.54. The maximum atomic E-state index is 13.1. The first-order valence-electron chi connectivity index (χ1n) is 9.85. The summed E-state index contributed by atoms with van der Waals surface area (Å²) < 4.78 is 5.18. The quantitative estimate of drug-likeness (QED) is 0.758. The Morgan fingerprint density at radius 1 is 1.11 bits per heavy atom. The van der Waals surface area contributed by atoms with Gasteiger partial charge in [0, 0.05) is 43.0 Å². The lowest BCUT2D eigenvalue weighted by Crippen LogP contribution is -2.50. The van der Waals surface area contributed by atoms with Crippen molar-refractivity contribution in [3.8, 4) is 10.4 Å². The van der Waals surface area contributed by atoms with Gasteiger partial charge in [-0.05, 0) is 43.5 Å². The van der Waals surface area contributed by atoms with E-state index >= 15 is 0 Å². The van der Waals surface area contributed by atoms with Gasteiger partial charge < -0.3 is 9.64 Å². The molecule has 2 aliphatic rings. The molecule has 0 N–H and O–H groups in total. The first-order valence-corrected chi connectivity index (χ1v) is 10.7. The van der Waals surface area contributed by atoms with Gasteiger partial charge in [0.2, 0.25) is 5.91 Å². The first kappa shape index (κ1) is 18.7.